The van der Waals surface area contributed by atoms with Gasteiger partial charge in [-0.15, -0.1) is 0 Å². The SMILES string of the molecule is CCOC(=O)C1CCCCN1Cc1cc(=O)n2nc(C)sc2n1. The van der Waals surface area contributed by atoms with Crippen molar-refractivity contribution in [2.75, 3.05) is 13.2 Å². The maximum absolute atomic E-state index is 12.1. The van der Waals surface area contributed by atoms with E-state index in [9.17, 15) is 9.59 Å². The number of aromatic nitrogens is 3. The van der Waals surface area contributed by atoms with Crippen LogP contribution in [0.4, 0.5) is 0 Å². The highest BCUT2D eigenvalue weighted by molar-refractivity contribution is 7.16. The third kappa shape index (κ3) is 3.42. The number of hydrogen-bond donors (Lipinski definition) is 0. The minimum atomic E-state index is -0.243. The second-order valence-corrected chi connectivity index (χ2v) is 6.80. The molecule has 1 atom stereocenters. The molecule has 23 heavy (non-hydrogen) atoms. The van der Waals surface area contributed by atoms with Crippen molar-refractivity contribution < 1.29 is 9.53 Å². The van der Waals surface area contributed by atoms with Gasteiger partial charge in [-0.3, -0.25) is 14.5 Å². The van der Waals surface area contributed by atoms with Crippen LogP contribution in [0.5, 0.6) is 0 Å². The van der Waals surface area contributed by atoms with Gasteiger partial charge in [-0.1, -0.05) is 17.8 Å². The zero-order valence-electron chi connectivity index (χ0n) is 13.3. The topological polar surface area (TPSA) is 76.8 Å². The largest absolute Gasteiger partial charge is 0.465 e. The summed E-state index contributed by atoms with van der Waals surface area (Å²) in [5.41, 5.74) is 0.494. The molecule has 1 aliphatic heterocycles. The Balaban J connectivity index is 1.84. The van der Waals surface area contributed by atoms with Crippen molar-refractivity contribution >= 4 is 22.3 Å². The van der Waals surface area contributed by atoms with Gasteiger partial charge in [-0.25, -0.2) is 4.98 Å². The molecular weight excluding hydrogens is 316 g/mol. The van der Waals surface area contributed by atoms with Crippen LogP contribution in [0.15, 0.2) is 10.9 Å². The molecule has 3 heterocycles. The molecule has 1 unspecified atom stereocenters. The van der Waals surface area contributed by atoms with Crippen LogP contribution in [0.2, 0.25) is 0 Å². The number of likely N-dealkylation sites (tertiary alicyclic amines) is 1. The minimum Gasteiger partial charge on any atom is -0.465 e. The number of nitrogens with zero attached hydrogens (tertiary/aromatic N) is 4. The molecule has 0 saturated carbocycles. The normalized spacial score (nSPS) is 19.1. The van der Waals surface area contributed by atoms with E-state index < -0.39 is 0 Å². The monoisotopic (exact) mass is 336 g/mol. The van der Waals surface area contributed by atoms with E-state index in [1.54, 1.807) is 0 Å². The summed E-state index contributed by atoms with van der Waals surface area (Å²) in [6.07, 6.45) is 2.85. The molecule has 8 heteroatoms. The lowest BCUT2D eigenvalue weighted by Crippen LogP contribution is -2.45. The van der Waals surface area contributed by atoms with Crippen LogP contribution in [-0.4, -0.2) is 44.7 Å². The molecule has 0 amide bonds. The molecule has 2 aromatic heterocycles. The van der Waals surface area contributed by atoms with Crippen molar-refractivity contribution in [1.29, 1.82) is 0 Å². The summed E-state index contributed by atoms with van der Waals surface area (Å²) in [6, 6.07) is 1.26. The minimum absolute atomic E-state index is 0.181. The van der Waals surface area contributed by atoms with Gasteiger partial charge in [0.15, 0.2) is 0 Å². The maximum Gasteiger partial charge on any atom is 0.323 e. The molecule has 1 fully saturated rings. The predicted molar refractivity (Wildman–Crippen MR) is 86.6 cm³/mol. The van der Waals surface area contributed by atoms with E-state index in [0.717, 1.165) is 30.8 Å². The molecule has 2 aromatic rings. The Kier molecular flexibility index (Phi) is 4.72. The Morgan fingerprint density at radius 2 is 2.30 bits per heavy atom. The van der Waals surface area contributed by atoms with Crippen molar-refractivity contribution in [2.24, 2.45) is 0 Å². The Bertz CT molecular complexity index is 770. The van der Waals surface area contributed by atoms with Crippen molar-refractivity contribution in [3.63, 3.8) is 0 Å². The van der Waals surface area contributed by atoms with E-state index in [1.165, 1.54) is 21.9 Å². The second-order valence-electron chi connectivity index (χ2n) is 5.64. The van der Waals surface area contributed by atoms with Crippen LogP contribution >= 0.6 is 11.3 Å². The molecule has 1 saturated heterocycles. The highest BCUT2D eigenvalue weighted by Gasteiger charge is 2.30. The van der Waals surface area contributed by atoms with Crippen LogP contribution in [0.1, 0.15) is 36.9 Å². The lowest BCUT2D eigenvalue weighted by atomic mass is 10.0. The lowest BCUT2D eigenvalue weighted by Gasteiger charge is -2.33. The highest BCUT2D eigenvalue weighted by Crippen LogP contribution is 2.20. The van der Waals surface area contributed by atoms with Gasteiger partial charge in [0.25, 0.3) is 5.56 Å². The average Bonchev–Trinajstić information content (AvgIpc) is 2.89. The fraction of sp³-hybridized carbons (Fsp3) is 0.600. The van der Waals surface area contributed by atoms with Gasteiger partial charge >= 0.3 is 5.97 Å². The van der Waals surface area contributed by atoms with Gasteiger partial charge in [-0.2, -0.15) is 9.61 Å². The molecule has 0 aromatic carbocycles. The number of rotatable bonds is 4. The Labute approximate surface area is 137 Å². The molecule has 0 aliphatic carbocycles. The van der Waals surface area contributed by atoms with Crippen LogP contribution < -0.4 is 5.56 Å². The first-order valence-electron chi connectivity index (χ1n) is 7.85. The van der Waals surface area contributed by atoms with E-state index in [-0.39, 0.29) is 17.6 Å². The number of aryl methyl sites for hydroxylation is 1. The van der Waals surface area contributed by atoms with E-state index >= 15 is 0 Å². The number of fused-ring (bicyclic) bond motifs is 1. The average molecular weight is 336 g/mol. The zero-order valence-corrected chi connectivity index (χ0v) is 14.1. The Hall–Kier alpha value is -1.80. The van der Waals surface area contributed by atoms with Gasteiger partial charge in [-0.05, 0) is 33.2 Å². The zero-order chi connectivity index (χ0) is 16.4. The van der Waals surface area contributed by atoms with Crippen molar-refractivity contribution in [2.45, 2.75) is 45.7 Å². The number of ether oxygens (including phenoxy) is 1. The summed E-state index contributed by atoms with van der Waals surface area (Å²) in [7, 11) is 0. The van der Waals surface area contributed by atoms with Crippen molar-refractivity contribution in [3.8, 4) is 0 Å². The van der Waals surface area contributed by atoms with Crippen molar-refractivity contribution in [3.05, 3.63) is 27.1 Å². The number of carbonyl (C=O) groups is 1. The molecular formula is C15H20N4O3S. The van der Waals surface area contributed by atoms with Gasteiger partial charge < -0.3 is 4.74 Å². The first kappa shape index (κ1) is 16.1. The second kappa shape index (κ2) is 6.76. The molecule has 3 rings (SSSR count). The lowest BCUT2D eigenvalue weighted by molar-refractivity contribution is -0.151. The molecule has 7 nitrogen and oxygen atoms in total. The molecule has 124 valence electrons. The summed E-state index contributed by atoms with van der Waals surface area (Å²) in [4.78, 5) is 31.4. The first-order valence-corrected chi connectivity index (χ1v) is 8.67. The maximum atomic E-state index is 12.1. The predicted octanol–water partition coefficient (Wildman–Crippen LogP) is 1.38. The van der Waals surface area contributed by atoms with E-state index in [2.05, 4.69) is 15.0 Å². The fourth-order valence-electron chi connectivity index (χ4n) is 2.93. The van der Waals surface area contributed by atoms with Crippen LogP contribution in [0.3, 0.4) is 0 Å². The van der Waals surface area contributed by atoms with Gasteiger partial charge in [0.1, 0.15) is 11.0 Å². The van der Waals surface area contributed by atoms with Gasteiger partial charge in [0, 0.05) is 12.6 Å². The number of carbonyl (C=O) groups excluding carboxylic acids is 1. The number of piperidine rings is 1. The summed E-state index contributed by atoms with van der Waals surface area (Å²) in [6.45, 7) is 5.33. The smallest absolute Gasteiger partial charge is 0.323 e. The molecule has 1 aliphatic rings. The third-order valence-corrected chi connectivity index (χ3v) is 4.76. The Morgan fingerprint density at radius 1 is 1.48 bits per heavy atom. The van der Waals surface area contributed by atoms with Gasteiger partial charge in [0.05, 0.1) is 12.3 Å². The molecule has 0 bridgehead atoms. The summed E-state index contributed by atoms with van der Waals surface area (Å²) in [5.74, 6) is -0.182. The van der Waals surface area contributed by atoms with E-state index in [4.69, 9.17) is 4.74 Å². The van der Waals surface area contributed by atoms with Crippen LogP contribution in [-0.2, 0) is 16.1 Å². The molecule has 0 N–H and O–H groups in total. The number of hydrogen-bond acceptors (Lipinski definition) is 7. The highest BCUT2D eigenvalue weighted by atomic mass is 32.1. The third-order valence-electron chi connectivity index (χ3n) is 3.94. The summed E-state index contributed by atoms with van der Waals surface area (Å²) < 4.78 is 6.49. The van der Waals surface area contributed by atoms with Crippen LogP contribution in [0.25, 0.3) is 4.96 Å². The quantitative estimate of drug-likeness (QED) is 0.785. The van der Waals surface area contributed by atoms with Crippen molar-refractivity contribution in [1.82, 2.24) is 19.5 Å². The summed E-state index contributed by atoms with van der Waals surface area (Å²) in [5, 5.41) is 4.94. The number of esters is 1. The van der Waals surface area contributed by atoms with Gasteiger partial charge in [0.2, 0.25) is 4.96 Å². The Morgan fingerprint density at radius 3 is 3.09 bits per heavy atom. The standard InChI is InChI=1S/C15H20N4O3S/c1-3-22-14(21)12-6-4-5-7-18(12)9-11-8-13(20)19-15(16-11)23-10(2)17-19/h8,12H,3-7,9H2,1-2H3. The first-order chi connectivity index (χ1) is 11.1. The molecule has 0 spiro atoms. The van der Waals surface area contributed by atoms with E-state index in [1.807, 2.05) is 13.8 Å². The van der Waals surface area contributed by atoms with Crippen LogP contribution in [0, 0.1) is 6.92 Å². The summed E-state index contributed by atoms with van der Waals surface area (Å²) >= 11 is 1.39. The fourth-order valence-corrected chi connectivity index (χ4v) is 3.69. The molecule has 0 radical (unpaired) electrons. The van der Waals surface area contributed by atoms with E-state index in [0.29, 0.717) is 23.8 Å².